The highest BCUT2D eigenvalue weighted by Crippen LogP contribution is 2.30. The predicted molar refractivity (Wildman–Crippen MR) is 97.2 cm³/mol. The number of methoxy groups -OCH3 is 2. The molecule has 0 aromatic rings. The number of carboxylic acid groups (broad SMARTS) is 1. The van der Waals surface area contributed by atoms with E-state index in [1.165, 1.54) is 7.11 Å². The molecule has 0 spiro atoms. The molecule has 0 aliphatic heterocycles. The fourth-order valence-electron chi connectivity index (χ4n) is 3.39. The Morgan fingerprint density at radius 3 is 2.12 bits per heavy atom. The maximum Gasteiger partial charge on any atom is 0.306 e. The number of carbonyl (C=O) groups is 2. The Morgan fingerprint density at radius 1 is 0.960 bits per heavy atom. The van der Waals surface area contributed by atoms with Crippen LogP contribution in [0.15, 0.2) is 24.3 Å². The summed E-state index contributed by atoms with van der Waals surface area (Å²) >= 11 is 0. The van der Waals surface area contributed by atoms with Crippen molar-refractivity contribution in [3.63, 3.8) is 0 Å². The topological polar surface area (TPSA) is 72.8 Å². The predicted octanol–water partition coefficient (Wildman–Crippen LogP) is 3.99. The summed E-state index contributed by atoms with van der Waals surface area (Å²) in [6.07, 6.45) is 14.4. The highest BCUT2D eigenvalue weighted by Gasteiger charge is 2.29. The average molecular weight is 352 g/mol. The lowest BCUT2D eigenvalue weighted by molar-refractivity contribution is -0.143. The van der Waals surface area contributed by atoms with Gasteiger partial charge in [-0.25, -0.2) is 0 Å². The van der Waals surface area contributed by atoms with E-state index in [2.05, 4.69) is 24.3 Å². The first-order valence-corrected chi connectivity index (χ1v) is 9.17. The van der Waals surface area contributed by atoms with Crippen LogP contribution in [0.1, 0.15) is 51.4 Å². The molecule has 3 atom stereocenters. The normalized spacial score (nSPS) is 28.5. The van der Waals surface area contributed by atoms with Gasteiger partial charge in [-0.15, -0.1) is 0 Å². The van der Waals surface area contributed by atoms with Crippen LogP contribution in [0, 0.1) is 17.8 Å². The Bertz CT molecular complexity index is 455. The van der Waals surface area contributed by atoms with E-state index in [0.29, 0.717) is 25.9 Å². The van der Waals surface area contributed by atoms with E-state index >= 15 is 0 Å². The number of carboxylic acids is 1. The summed E-state index contributed by atoms with van der Waals surface area (Å²) in [6.45, 7) is 0.463. The van der Waals surface area contributed by atoms with Crippen molar-refractivity contribution in [1.82, 2.24) is 0 Å². The Hall–Kier alpha value is -1.62. The molecule has 0 heterocycles. The molecule has 1 aliphatic carbocycles. The second kappa shape index (κ2) is 12.7. The van der Waals surface area contributed by atoms with Crippen molar-refractivity contribution < 1.29 is 24.2 Å². The molecule has 5 heteroatoms. The maximum atomic E-state index is 11.8. The summed E-state index contributed by atoms with van der Waals surface area (Å²) in [6, 6.07) is 0. The molecule has 2 unspecified atom stereocenters. The number of hydrogen-bond acceptors (Lipinski definition) is 4. The van der Waals surface area contributed by atoms with E-state index in [1.807, 2.05) is 0 Å². The van der Waals surface area contributed by atoms with Crippen molar-refractivity contribution in [3.8, 4) is 0 Å². The first kappa shape index (κ1) is 21.4. The number of aliphatic carboxylic acids is 1. The molecule has 0 aromatic carbocycles. The number of esters is 1. The monoisotopic (exact) mass is 352 g/mol. The van der Waals surface area contributed by atoms with Crippen LogP contribution in [0.4, 0.5) is 0 Å². The summed E-state index contributed by atoms with van der Waals surface area (Å²) in [7, 11) is 3.02. The van der Waals surface area contributed by atoms with Crippen LogP contribution < -0.4 is 0 Å². The second-order valence-electron chi connectivity index (χ2n) is 6.70. The zero-order valence-electron chi connectivity index (χ0n) is 15.5. The molecule has 0 radical (unpaired) electrons. The molecule has 0 bridgehead atoms. The number of hydrogen-bond donors (Lipinski definition) is 1. The van der Waals surface area contributed by atoms with Crippen molar-refractivity contribution >= 4 is 11.9 Å². The van der Waals surface area contributed by atoms with Crippen LogP contribution in [0.2, 0.25) is 0 Å². The zero-order chi connectivity index (χ0) is 18.5. The first-order chi connectivity index (χ1) is 12.1. The lowest BCUT2D eigenvalue weighted by Crippen LogP contribution is -2.28. The summed E-state index contributed by atoms with van der Waals surface area (Å²) in [4.78, 5) is 23.5. The lowest BCUT2D eigenvalue weighted by Gasteiger charge is -2.28. The molecule has 142 valence electrons. The number of allylic oxidation sites excluding steroid dienone is 4. The molecule has 0 aromatic heterocycles. The fraction of sp³-hybridized carbons (Fsp3) is 0.700. The summed E-state index contributed by atoms with van der Waals surface area (Å²) in [5, 5.41) is 9.58. The Balaban J connectivity index is 2.94. The average Bonchev–Trinajstić information content (AvgIpc) is 2.59. The van der Waals surface area contributed by atoms with Gasteiger partial charge in [0, 0.05) is 20.1 Å². The van der Waals surface area contributed by atoms with E-state index in [4.69, 9.17) is 9.47 Å². The summed E-state index contributed by atoms with van der Waals surface area (Å²) in [5.74, 6) is -1.32. The first-order valence-electron chi connectivity index (χ1n) is 9.17. The molecular weight excluding hydrogens is 320 g/mol. The van der Waals surface area contributed by atoms with Crippen LogP contribution >= 0.6 is 0 Å². The maximum absolute atomic E-state index is 11.8. The van der Waals surface area contributed by atoms with Crippen LogP contribution in [-0.2, 0) is 19.1 Å². The molecule has 0 amide bonds. The molecular formula is C20H32O5. The van der Waals surface area contributed by atoms with Crippen molar-refractivity contribution in [2.75, 3.05) is 20.8 Å². The minimum atomic E-state index is -0.765. The van der Waals surface area contributed by atoms with Gasteiger partial charge in [0.15, 0.2) is 0 Å². The molecule has 5 nitrogen and oxygen atoms in total. The second-order valence-corrected chi connectivity index (χ2v) is 6.70. The quantitative estimate of drug-likeness (QED) is 0.598. The van der Waals surface area contributed by atoms with Crippen LogP contribution in [0.5, 0.6) is 0 Å². The van der Waals surface area contributed by atoms with Gasteiger partial charge in [0.2, 0.25) is 0 Å². The Morgan fingerprint density at radius 2 is 1.56 bits per heavy atom. The number of carbonyl (C=O) groups excluding carboxylic acids is 1. The molecule has 1 aliphatic rings. The third-order valence-corrected chi connectivity index (χ3v) is 4.86. The third kappa shape index (κ3) is 8.87. The smallest absolute Gasteiger partial charge is 0.306 e. The fourth-order valence-corrected chi connectivity index (χ4v) is 3.39. The minimum Gasteiger partial charge on any atom is -0.481 e. The highest BCUT2D eigenvalue weighted by molar-refractivity contribution is 5.70. The van der Waals surface area contributed by atoms with Crippen LogP contribution in [0.25, 0.3) is 0 Å². The molecule has 1 rings (SSSR count). The molecule has 0 fully saturated rings. The third-order valence-electron chi connectivity index (χ3n) is 4.86. The lowest BCUT2D eigenvalue weighted by atomic mass is 9.79. The van der Waals surface area contributed by atoms with Gasteiger partial charge in [-0.05, 0) is 56.8 Å². The van der Waals surface area contributed by atoms with Gasteiger partial charge >= 0.3 is 11.9 Å². The van der Waals surface area contributed by atoms with Crippen molar-refractivity contribution in [2.24, 2.45) is 17.8 Å². The van der Waals surface area contributed by atoms with Gasteiger partial charge in [-0.1, -0.05) is 24.3 Å². The van der Waals surface area contributed by atoms with Gasteiger partial charge in [0.25, 0.3) is 0 Å². The van der Waals surface area contributed by atoms with Gasteiger partial charge in [-0.3, -0.25) is 9.59 Å². The van der Waals surface area contributed by atoms with Gasteiger partial charge in [-0.2, -0.15) is 0 Å². The van der Waals surface area contributed by atoms with Crippen LogP contribution in [0.3, 0.4) is 0 Å². The molecule has 0 saturated carbocycles. The SMILES string of the molecule is COC[C@H]1CC(C(=O)O)CC/C=C/CC/C=C/CCC1CC(=O)OC. The van der Waals surface area contributed by atoms with Crippen molar-refractivity contribution in [1.29, 1.82) is 0 Å². The highest BCUT2D eigenvalue weighted by atomic mass is 16.5. The standard InChI is InChI=1S/C20H32O5/c1-24-15-18-13-17(20(22)23)12-10-8-6-4-3-5-7-9-11-16(18)14-19(21)25-2/h5-8,16-18H,3-4,9-15H2,1-2H3,(H,22,23)/b7-5+,8-6+/t16?,17?,18-/m1/s1. The molecule has 25 heavy (non-hydrogen) atoms. The number of rotatable bonds is 5. The van der Waals surface area contributed by atoms with Gasteiger partial charge in [0.1, 0.15) is 0 Å². The minimum absolute atomic E-state index is 0.0329. The van der Waals surface area contributed by atoms with E-state index in [-0.39, 0.29) is 17.8 Å². The Kier molecular flexibility index (Phi) is 10.9. The van der Waals surface area contributed by atoms with E-state index in [0.717, 1.165) is 32.1 Å². The molecule has 1 N–H and O–H groups in total. The summed E-state index contributed by atoms with van der Waals surface area (Å²) in [5.41, 5.74) is 0. The molecule has 0 saturated heterocycles. The van der Waals surface area contributed by atoms with Crippen molar-refractivity contribution in [3.05, 3.63) is 24.3 Å². The Labute approximate surface area is 151 Å². The largest absolute Gasteiger partial charge is 0.481 e. The summed E-state index contributed by atoms with van der Waals surface area (Å²) < 4.78 is 10.2. The van der Waals surface area contributed by atoms with E-state index in [9.17, 15) is 14.7 Å². The van der Waals surface area contributed by atoms with E-state index < -0.39 is 11.9 Å². The van der Waals surface area contributed by atoms with Gasteiger partial charge in [0.05, 0.1) is 13.0 Å². The number of ether oxygens (including phenoxy) is 2. The van der Waals surface area contributed by atoms with E-state index in [1.54, 1.807) is 7.11 Å². The van der Waals surface area contributed by atoms with Crippen molar-refractivity contribution in [2.45, 2.75) is 51.4 Å². The van der Waals surface area contributed by atoms with Crippen LogP contribution in [-0.4, -0.2) is 37.9 Å². The zero-order valence-corrected chi connectivity index (χ0v) is 15.5. The van der Waals surface area contributed by atoms with Gasteiger partial charge < -0.3 is 14.6 Å².